The summed E-state index contributed by atoms with van der Waals surface area (Å²) in [4.78, 5) is 15.9. The fourth-order valence-corrected chi connectivity index (χ4v) is 6.56. The Morgan fingerprint density at radius 1 is 1.12 bits per heavy atom. The van der Waals surface area contributed by atoms with Crippen LogP contribution in [0, 0.1) is 11.7 Å². The van der Waals surface area contributed by atoms with E-state index in [2.05, 4.69) is 4.98 Å². The van der Waals surface area contributed by atoms with Crippen LogP contribution in [0.15, 0.2) is 52.7 Å². The highest BCUT2D eigenvalue weighted by atomic mass is 32.2. The van der Waals surface area contributed by atoms with Crippen molar-refractivity contribution in [1.82, 2.24) is 14.8 Å². The average Bonchev–Trinajstić information content (AvgIpc) is 3.28. The van der Waals surface area contributed by atoms with Gasteiger partial charge in [-0.25, -0.2) is 32.4 Å². The summed E-state index contributed by atoms with van der Waals surface area (Å²) in [5, 5.41) is 21.4. The van der Waals surface area contributed by atoms with Gasteiger partial charge in [0.1, 0.15) is 11.6 Å². The average molecular weight is 613 g/mol. The molecule has 0 saturated heterocycles. The van der Waals surface area contributed by atoms with Crippen LogP contribution < -0.4 is 9.88 Å². The number of nitrogens with zero attached hydrogens (tertiary/aromatic N) is 3. The summed E-state index contributed by atoms with van der Waals surface area (Å²) >= 11 is 1.16. The van der Waals surface area contributed by atoms with Crippen LogP contribution in [-0.4, -0.2) is 40.4 Å². The van der Waals surface area contributed by atoms with Gasteiger partial charge in [-0.05, 0) is 86.8 Å². The normalized spacial score (nSPS) is 15.5. The van der Waals surface area contributed by atoms with E-state index in [0.717, 1.165) is 66.7 Å². The standard InChI is InChI=1S/C29H29FN4O5S2.CH4/c30-24-12-9-20(39-19-3-1-2-4-19)15-22(24)27-23(13-17-7-10-21(11-8-17)41(31,37)38)26(14-18-5-6-18)34(33-27)29-32-25(16-40-29)28(35)36;/h7-12,15-16,18-19H,1-6,13-14H2,(H,35,36)(H2,31,37,38);1H4. The molecule has 222 valence electrons. The number of benzene rings is 2. The minimum Gasteiger partial charge on any atom is -0.490 e. The van der Waals surface area contributed by atoms with Crippen molar-refractivity contribution in [3.63, 3.8) is 0 Å². The zero-order chi connectivity index (χ0) is 28.7. The lowest BCUT2D eigenvalue weighted by atomic mass is 9.96. The molecule has 2 saturated carbocycles. The van der Waals surface area contributed by atoms with Crippen LogP contribution >= 0.6 is 11.3 Å². The first-order chi connectivity index (χ1) is 19.7. The molecule has 2 heterocycles. The van der Waals surface area contributed by atoms with E-state index < -0.39 is 21.8 Å². The molecule has 9 nitrogen and oxygen atoms in total. The zero-order valence-corrected chi connectivity index (χ0v) is 23.8. The third-order valence-electron chi connectivity index (χ3n) is 7.59. The summed E-state index contributed by atoms with van der Waals surface area (Å²) in [5.41, 5.74) is 2.99. The van der Waals surface area contributed by atoms with Crippen LogP contribution in [0.5, 0.6) is 5.75 Å². The van der Waals surface area contributed by atoms with Gasteiger partial charge >= 0.3 is 5.97 Å². The van der Waals surface area contributed by atoms with E-state index in [1.165, 1.54) is 23.6 Å². The Labute approximate surface area is 248 Å². The molecular weight excluding hydrogens is 579 g/mol. The number of carbonyl (C=O) groups is 1. The number of aromatic carboxylic acids is 1. The quantitative estimate of drug-likeness (QED) is 0.225. The molecule has 0 unspecified atom stereocenters. The fourth-order valence-electron chi connectivity index (χ4n) is 5.27. The minimum absolute atomic E-state index is 0. The van der Waals surface area contributed by atoms with Crippen LogP contribution in [0.25, 0.3) is 16.4 Å². The first-order valence-corrected chi connectivity index (χ1v) is 16.0. The number of aromatic nitrogens is 3. The maximum absolute atomic E-state index is 15.5. The number of carboxylic acids is 1. The smallest absolute Gasteiger partial charge is 0.355 e. The molecule has 12 heteroatoms. The molecule has 0 spiro atoms. The predicted molar refractivity (Wildman–Crippen MR) is 158 cm³/mol. The largest absolute Gasteiger partial charge is 0.490 e. The number of hydrogen-bond donors (Lipinski definition) is 2. The van der Waals surface area contributed by atoms with Gasteiger partial charge in [0.05, 0.1) is 22.4 Å². The number of rotatable bonds is 10. The number of primary sulfonamides is 1. The van der Waals surface area contributed by atoms with E-state index in [0.29, 0.717) is 35.3 Å². The van der Waals surface area contributed by atoms with Crippen LogP contribution in [-0.2, 0) is 22.9 Å². The first kappa shape index (κ1) is 29.9. The molecule has 0 atom stereocenters. The Morgan fingerprint density at radius 3 is 2.45 bits per heavy atom. The van der Waals surface area contributed by atoms with Gasteiger partial charge < -0.3 is 9.84 Å². The highest BCUT2D eigenvalue weighted by molar-refractivity contribution is 7.89. The summed E-state index contributed by atoms with van der Waals surface area (Å²) in [5.74, 6) is -0.593. The van der Waals surface area contributed by atoms with Crippen molar-refractivity contribution in [3.05, 3.63) is 76.2 Å². The minimum atomic E-state index is -3.85. The van der Waals surface area contributed by atoms with Gasteiger partial charge in [-0.3, -0.25) is 0 Å². The number of halogens is 1. The van der Waals surface area contributed by atoms with Crippen LogP contribution in [0.1, 0.15) is 73.3 Å². The molecule has 2 aromatic heterocycles. The van der Waals surface area contributed by atoms with Gasteiger partial charge in [0.25, 0.3) is 0 Å². The molecule has 6 rings (SSSR count). The molecule has 2 aliphatic carbocycles. The maximum Gasteiger partial charge on any atom is 0.355 e. The Bertz CT molecular complexity index is 1710. The van der Waals surface area contributed by atoms with Gasteiger partial charge in [-0.1, -0.05) is 19.6 Å². The summed E-state index contributed by atoms with van der Waals surface area (Å²) in [6, 6.07) is 11.0. The molecular formula is C30H33FN4O5S2. The van der Waals surface area contributed by atoms with Crippen molar-refractivity contribution >= 4 is 27.3 Å². The second-order valence-corrected chi connectivity index (χ2v) is 13.1. The van der Waals surface area contributed by atoms with Gasteiger partial charge in [-0.15, -0.1) is 11.3 Å². The van der Waals surface area contributed by atoms with E-state index >= 15 is 4.39 Å². The zero-order valence-electron chi connectivity index (χ0n) is 22.1. The molecule has 4 aromatic rings. The lowest BCUT2D eigenvalue weighted by molar-refractivity contribution is 0.0691. The van der Waals surface area contributed by atoms with Gasteiger partial charge in [0, 0.05) is 22.9 Å². The Balaban J connectivity index is 0.00000353. The first-order valence-electron chi connectivity index (χ1n) is 13.5. The SMILES string of the molecule is C.NS(=O)(=O)c1ccc(Cc2c(-c3cc(OC4CCCC4)ccc3F)nn(-c3nc(C(=O)O)cs3)c2CC2CC2)cc1. The van der Waals surface area contributed by atoms with Gasteiger partial charge in [0.15, 0.2) is 5.69 Å². The van der Waals surface area contributed by atoms with Gasteiger partial charge in [-0.2, -0.15) is 5.10 Å². The molecule has 2 aromatic carbocycles. The van der Waals surface area contributed by atoms with Crippen molar-refractivity contribution in [2.75, 3.05) is 0 Å². The van der Waals surface area contributed by atoms with Crippen LogP contribution in [0.4, 0.5) is 4.39 Å². The van der Waals surface area contributed by atoms with E-state index in [9.17, 15) is 18.3 Å². The van der Waals surface area contributed by atoms with Crippen LogP contribution in [0.2, 0.25) is 0 Å². The van der Waals surface area contributed by atoms with Crippen LogP contribution in [0.3, 0.4) is 0 Å². The number of hydrogen-bond acceptors (Lipinski definition) is 7. The van der Waals surface area contributed by atoms with Crippen molar-refractivity contribution in [1.29, 1.82) is 0 Å². The topological polar surface area (TPSA) is 137 Å². The summed E-state index contributed by atoms with van der Waals surface area (Å²) in [6.45, 7) is 0. The number of thiazole rings is 1. The van der Waals surface area contributed by atoms with Crippen molar-refractivity contribution in [3.8, 4) is 22.1 Å². The summed E-state index contributed by atoms with van der Waals surface area (Å²) in [6.07, 6.45) is 7.35. The molecule has 3 N–H and O–H groups in total. The molecule has 0 aliphatic heterocycles. The third kappa shape index (κ3) is 6.40. The Morgan fingerprint density at radius 2 is 1.83 bits per heavy atom. The Kier molecular flexibility index (Phi) is 8.49. The number of sulfonamides is 1. The summed E-state index contributed by atoms with van der Waals surface area (Å²) < 4.78 is 46.9. The van der Waals surface area contributed by atoms with E-state index in [-0.39, 0.29) is 29.7 Å². The molecule has 0 amide bonds. The van der Waals surface area contributed by atoms with E-state index in [4.69, 9.17) is 15.0 Å². The van der Waals surface area contributed by atoms with E-state index in [1.807, 2.05) is 0 Å². The highest BCUT2D eigenvalue weighted by Crippen LogP contribution is 2.39. The van der Waals surface area contributed by atoms with Gasteiger partial charge in [0.2, 0.25) is 15.2 Å². The molecule has 0 radical (unpaired) electrons. The molecule has 42 heavy (non-hydrogen) atoms. The molecule has 0 bridgehead atoms. The molecule has 2 aliphatic rings. The van der Waals surface area contributed by atoms with Crippen molar-refractivity contribution in [2.45, 2.75) is 69.8 Å². The second-order valence-electron chi connectivity index (χ2n) is 10.7. The number of ether oxygens (including phenoxy) is 1. The monoisotopic (exact) mass is 612 g/mol. The van der Waals surface area contributed by atoms with Crippen molar-refractivity contribution < 1.29 is 27.4 Å². The van der Waals surface area contributed by atoms with Crippen molar-refractivity contribution in [2.24, 2.45) is 11.1 Å². The second kappa shape index (κ2) is 11.9. The summed E-state index contributed by atoms with van der Waals surface area (Å²) in [7, 11) is -3.85. The maximum atomic E-state index is 15.5. The number of nitrogens with two attached hydrogens (primary N) is 1. The predicted octanol–water partition coefficient (Wildman–Crippen LogP) is 5.98. The highest BCUT2D eigenvalue weighted by Gasteiger charge is 2.30. The molecule has 2 fully saturated rings. The fraction of sp³-hybridized carbons (Fsp3) is 0.367. The lowest BCUT2D eigenvalue weighted by Gasteiger charge is -2.14. The van der Waals surface area contributed by atoms with E-state index in [1.54, 1.807) is 28.9 Å². The third-order valence-corrected chi connectivity index (χ3v) is 9.34. The number of carboxylic acid groups (broad SMARTS) is 1. The Hall–Kier alpha value is -3.61. The lowest BCUT2D eigenvalue weighted by Crippen LogP contribution is -2.12.